The molecular formula is C14H27N. The maximum atomic E-state index is 3.54. The molecule has 1 unspecified atom stereocenters. The fourth-order valence-corrected chi connectivity index (χ4v) is 1.97. The van der Waals surface area contributed by atoms with Gasteiger partial charge in [-0.3, -0.25) is 0 Å². The molecule has 0 aliphatic heterocycles. The summed E-state index contributed by atoms with van der Waals surface area (Å²) in [6.45, 7) is 3.49. The minimum Gasteiger partial charge on any atom is -0.310 e. The predicted molar refractivity (Wildman–Crippen MR) is 68.2 cm³/mol. The van der Waals surface area contributed by atoms with E-state index in [4.69, 9.17) is 0 Å². The van der Waals surface area contributed by atoms with E-state index in [-0.39, 0.29) is 0 Å². The van der Waals surface area contributed by atoms with Crippen molar-refractivity contribution < 1.29 is 0 Å². The van der Waals surface area contributed by atoms with Crippen LogP contribution in [0.4, 0.5) is 0 Å². The molecule has 15 heavy (non-hydrogen) atoms. The Labute approximate surface area is 95.3 Å². The van der Waals surface area contributed by atoms with Crippen LogP contribution in [0, 0.1) is 0 Å². The van der Waals surface area contributed by atoms with Gasteiger partial charge in [-0.2, -0.15) is 0 Å². The lowest BCUT2D eigenvalue weighted by atomic mass is 10.0. The Balaban J connectivity index is 1.67. The van der Waals surface area contributed by atoms with Gasteiger partial charge in [0.2, 0.25) is 0 Å². The van der Waals surface area contributed by atoms with E-state index in [0.29, 0.717) is 6.04 Å². The minimum absolute atomic E-state index is 0.703. The average molecular weight is 209 g/mol. The van der Waals surface area contributed by atoms with Crippen LogP contribution in [0.25, 0.3) is 0 Å². The zero-order chi connectivity index (χ0) is 10.8. The Bertz CT molecular complexity index is 163. The van der Waals surface area contributed by atoms with Crippen molar-refractivity contribution in [3.8, 4) is 0 Å². The van der Waals surface area contributed by atoms with Gasteiger partial charge in [-0.15, -0.1) is 0 Å². The Hall–Kier alpha value is -0.300. The molecule has 1 aliphatic carbocycles. The third-order valence-electron chi connectivity index (χ3n) is 3.20. The van der Waals surface area contributed by atoms with Crippen LogP contribution in [0.3, 0.4) is 0 Å². The molecule has 1 atom stereocenters. The molecule has 1 nitrogen and oxygen atoms in total. The summed E-state index contributed by atoms with van der Waals surface area (Å²) in [5.41, 5.74) is 0. The number of rotatable bonds is 10. The second-order valence-corrected chi connectivity index (χ2v) is 4.70. The Morgan fingerprint density at radius 1 is 1.00 bits per heavy atom. The van der Waals surface area contributed by atoms with Crippen LogP contribution in [-0.4, -0.2) is 12.6 Å². The Kier molecular flexibility index (Phi) is 7.63. The van der Waals surface area contributed by atoms with Crippen LogP contribution in [-0.2, 0) is 0 Å². The van der Waals surface area contributed by atoms with E-state index < -0.39 is 0 Å². The third kappa shape index (κ3) is 6.72. The Morgan fingerprint density at radius 2 is 1.60 bits per heavy atom. The van der Waals surface area contributed by atoms with Crippen molar-refractivity contribution in [3.05, 3.63) is 12.2 Å². The van der Waals surface area contributed by atoms with E-state index in [1.165, 1.54) is 64.3 Å². The van der Waals surface area contributed by atoms with Gasteiger partial charge in [0.25, 0.3) is 0 Å². The molecule has 1 rings (SSSR count). The summed E-state index contributed by atoms with van der Waals surface area (Å²) >= 11 is 0. The van der Waals surface area contributed by atoms with Crippen molar-refractivity contribution in [2.45, 2.75) is 70.8 Å². The molecule has 1 aliphatic rings. The largest absolute Gasteiger partial charge is 0.310 e. The minimum atomic E-state index is 0.703. The fourth-order valence-electron chi connectivity index (χ4n) is 1.97. The summed E-state index contributed by atoms with van der Waals surface area (Å²) in [6.07, 6.45) is 17.1. The summed E-state index contributed by atoms with van der Waals surface area (Å²) in [7, 11) is 0. The average Bonchev–Trinajstić information content (AvgIpc) is 2.18. The summed E-state index contributed by atoms with van der Waals surface area (Å²) < 4.78 is 0. The van der Waals surface area contributed by atoms with Crippen molar-refractivity contribution in [1.82, 2.24) is 5.32 Å². The van der Waals surface area contributed by atoms with Crippen LogP contribution in [0.5, 0.6) is 0 Å². The number of hydrogen-bond acceptors (Lipinski definition) is 1. The molecule has 0 aromatic heterocycles. The van der Waals surface area contributed by atoms with E-state index in [0.717, 1.165) is 0 Å². The lowest BCUT2D eigenvalue weighted by Crippen LogP contribution is -2.31. The molecule has 0 aromatic rings. The van der Waals surface area contributed by atoms with Gasteiger partial charge in [-0.05, 0) is 19.4 Å². The number of unbranched alkanes of at least 4 members (excludes halogenated alkanes) is 7. The quantitative estimate of drug-likeness (QED) is 0.423. The maximum absolute atomic E-state index is 3.54. The van der Waals surface area contributed by atoms with Gasteiger partial charge in [-0.1, -0.05) is 64.0 Å². The van der Waals surface area contributed by atoms with E-state index in [2.05, 4.69) is 24.4 Å². The molecule has 0 amide bonds. The van der Waals surface area contributed by atoms with E-state index in [1.54, 1.807) is 0 Å². The summed E-state index contributed by atoms with van der Waals surface area (Å²) in [5, 5.41) is 3.54. The van der Waals surface area contributed by atoms with Crippen molar-refractivity contribution in [2.24, 2.45) is 0 Å². The topological polar surface area (TPSA) is 12.0 Å². The zero-order valence-corrected chi connectivity index (χ0v) is 10.3. The van der Waals surface area contributed by atoms with Crippen LogP contribution >= 0.6 is 0 Å². The van der Waals surface area contributed by atoms with Gasteiger partial charge in [-0.25, -0.2) is 0 Å². The molecule has 0 saturated carbocycles. The van der Waals surface area contributed by atoms with Gasteiger partial charge in [0.15, 0.2) is 0 Å². The van der Waals surface area contributed by atoms with Gasteiger partial charge >= 0.3 is 0 Å². The standard InChI is InChI=1S/C14H27N/c1-2-3-4-5-6-7-8-9-13-15-14-11-10-12-14/h10-11,14-15H,2-9,12-13H2,1H3. The molecule has 0 radical (unpaired) electrons. The summed E-state index contributed by atoms with van der Waals surface area (Å²) in [4.78, 5) is 0. The van der Waals surface area contributed by atoms with Crippen molar-refractivity contribution in [2.75, 3.05) is 6.54 Å². The predicted octanol–water partition coefficient (Wildman–Crippen LogP) is 4.05. The first kappa shape index (κ1) is 12.8. The normalized spacial score (nSPS) is 19.1. The molecule has 0 fully saturated rings. The molecular weight excluding hydrogens is 182 g/mol. The number of nitrogens with one attached hydrogen (secondary N) is 1. The van der Waals surface area contributed by atoms with Gasteiger partial charge in [0, 0.05) is 6.04 Å². The molecule has 0 bridgehead atoms. The van der Waals surface area contributed by atoms with Crippen molar-refractivity contribution in [3.63, 3.8) is 0 Å². The second kappa shape index (κ2) is 8.96. The molecule has 0 aromatic carbocycles. The van der Waals surface area contributed by atoms with Crippen LogP contribution < -0.4 is 5.32 Å². The lowest BCUT2D eigenvalue weighted by Gasteiger charge is -2.18. The highest BCUT2D eigenvalue weighted by molar-refractivity contribution is 5.06. The molecule has 0 heterocycles. The first-order valence-electron chi connectivity index (χ1n) is 6.83. The molecule has 0 saturated heterocycles. The second-order valence-electron chi connectivity index (χ2n) is 4.70. The van der Waals surface area contributed by atoms with E-state index in [9.17, 15) is 0 Å². The highest BCUT2D eigenvalue weighted by atomic mass is 14.9. The van der Waals surface area contributed by atoms with Crippen molar-refractivity contribution >= 4 is 0 Å². The molecule has 1 heteroatoms. The van der Waals surface area contributed by atoms with Gasteiger partial charge in [0.1, 0.15) is 0 Å². The van der Waals surface area contributed by atoms with E-state index >= 15 is 0 Å². The maximum Gasteiger partial charge on any atom is 0.0284 e. The molecule has 1 N–H and O–H groups in total. The fraction of sp³-hybridized carbons (Fsp3) is 0.857. The van der Waals surface area contributed by atoms with Crippen LogP contribution in [0.2, 0.25) is 0 Å². The Morgan fingerprint density at radius 3 is 2.13 bits per heavy atom. The summed E-state index contributed by atoms with van der Waals surface area (Å²) in [5.74, 6) is 0. The molecule has 0 spiro atoms. The summed E-state index contributed by atoms with van der Waals surface area (Å²) in [6, 6.07) is 0.703. The van der Waals surface area contributed by atoms with Crippen LogP contribution in [0.1, 0.15) is 64.7 Å². The number of hydrogen-bond donors (Lipinski definition) is 1. The first-order chi connectivity index (χ1) is 7.43. The van der Waals surface area contributed by atoms with Crippen LogP contribution in [0.15, 0.2) is 12.2 Å². The zero-order valence-electron chi connectivity index (χ0n) is 10.3. The highest BCUT2D eigenvalue weighted by Crippen LogP contribution is 2.09. The smallest absolute Gasteiger partial charge is 0.0284 e. The van der Waals surface area contributed by atoms with Gasteiger partial charge < -0.3 is 5.32 Å². The lowest BCUT2D eigenvalue weighted by molar-refractivity contribution is 0.519. The SMILES string of the molecule is CCCCCCCCCCNC1C=CC1. The van der Waals surface area contributed by atoms with Crippen molar-refractivity contribution in [1.29, 1.82) is 0 Å². The molecule has 88 valence electrons. The first-order valence-corrected chi connectivity index (χ1v) is 6.83. The third-order valence-corrected chi connectivity index (χ3v) is 3.20. The van der Waals surface area contributed by atoms with Gasteiger partial charge in [0.05, 0.1) is 0 Å². The monoisotopic (exact) mass is 209 g/mol. The highest BCUT2D eigenvalue weighted by Gasteiger charge is 2.06. The van der Waals surface area contributed by atoms with E-state index in [1.807, 2.05) is 0 Å².